The smallest absolute Gasteiger partial charge is 0.433 e. The summed E-state index contributed by atoms with van der Waals surface area (Å²) in [5, 5.41) is 0. The molecule has 7 nitrogen and oxygen atoms in total. The number of hydrogen-bond acceptors (Lipinski definition) is 6. The molecule has 2 aromatic rings. The van der Waals surface area contributed by atoms with E-state index in [4.69, 9.17) is 14.2 Å². The van der Waals surface area contributed by atoms with Gasteiger partial charge in [-0.05, 0) is 30.9 Å². The monoisotopic (exact) mass is 540 g/mol. The average molecular weight is 541 g/mol. The summed E-state index contributed by atoms with van der Waals surface area (Å²) in [4.78, 5) is 30.5. The molecule has 0 saturated heterocycles. The second-order valence-electron chi connectivity index (χ2n) is 8.94. The van der Waals surface area contributed by atoms with Gasteiger partial charge in [0.15, 0.2) is 6.26 Å². The van der Waals surface area contributed by atoms with Gasteiger partial charge in [-0.2, -0.15) is 13.2 Å². The van der Waals surface area contributed by atoms with E-state index >= 15 is 0 Å². The molecule has 0 spiro atoms. The molecule has 2 heterocycles. The number of carbonyl (C=O) groups excluding carboxylic acids is 2. The quantitative estimate of drug-likeness (QED) is 0.356. The number of benzene rings is 1. The first-order valence-corrected chi connectivity index (χ1v) is 12.3. The van der Waals surface area contributed by atoms with E-state index in [1.807, 2.05) is 12.2 Å². The first kappa shape index (κ1) is 27.7. The van der Waals surface area contributed by atoms with Crippen LogP contribution in [-0.2, 0) is 36.4 Å². The minimum Gasteiger partial charge on any atom is -0.464 e. The van der Waals surface area contributed by atoms with E-state index in [1.54, 1.807) is 30.3 Å². The number of halogens is 3. The lowest BCUT2D eigenvalue weighted by Crippen LogP contribution is -2.39. The minimum atomic E-state index is -4.56. The second-order valence-corrected chi connectivity index (χ2v) is 8.94. The summed E-state index contributed by atoms with van der Waals surface area (Å²) in [5.41, 5.74) is 1.04. The zero-order valence-electron chi connectivity index (χ0n) is 21.2. The van der Waals surface area contributed by atoms with E-state index in [2.05, 4.69) is 11.1 Å². The maximum Gasteiger partial charge on any atom is 0.433 e. The fraction of sp³-hybridized carbons (Fsp3) is 0.276. The van der Waals surface area contributed by atoms with Gasteiger partial charge >= 0.3 is 12.1 Å². The van der Waals surface area contributed by atoms with E-state index < -0.39 is 29.9 Å². The Morgan fingerprint density at radius 2 is 1.92 bits per heavy atom. The number of pyridine rings is 1. The Kier molecular flexibility index (Phi) is 8.85. The maximum atomic E-state index is 13.9. The highest BCUT2D eigenvalue weighted by Crippen LogP contribution is 2.30. The number of alkyl halides is 3. The van der Waals surface area contributed by atoms with E-state index in [-0.39, 0.29) is 18.8 Å². The number of carbonyl (C=O) groups is 2. The van der Waals surface area contributed by atoms with Crippen molar-refractivity contribution in [2.75, 3.05) is 6.54 Å². The molecular formula is C29H27F3N2O5. The molecule has 1 aliphatic carbocycles. The Labute approximate surface area is 223 Å². The van der Waals surface area contributed by atoms with Gasteiger partial charge in [-0.15, -0.1) is 0 Å². The van der Waals surface area contributed by atoms with Crippen LogP contribution in [0.25, 0.3) is 0 Å². The first-order valence-electron chi connectivity index (χ1n) is 12.3. The Bertz CT molecular complexity index is 1300. The first-order chi connectivity index (χ1) is 18.7. The van der Waals surface area contributed by atoms with Gasteiger partial charge in [0, 0.05) is 31.6 Å². The fourth-order valence-electron chi connectivity index (χ4n) is 4.08. The van der Waals surface area contributed by atoms with Gasteiger partial charge in [-0.25, -0.2) is 0 Å². The lowest BCUT2D eigenvalue weighted by atomic mass is 10.0. The van der Waals surface area contributed by atoms with Crippen molar-refractivity contribution in [1.82, 2.24) is 9.88 Å². The summed E-state index contributed by atoms with van der Waals surface area (Å²) in [7, 11) is 0. The third-order valence-electron chi connectivity index (χ3n) is 5.99. The SMILES string of the molecule is CC(=O)OC(C(=O)N(CCc1ccc(C(F)(F)F)nc1)C1=COC=C(CC2=CC=CCC2)O1)c1ccccc1. The molecular weight excluding hydrogens is 513 g/mol. The predicted molar refractivity (Wildman–Crippen MR) is 135 cm³/mol. The summed E-state index contributed by atoms with van der Waals surface area (Å²) >= 11 is 0. The number of rotatable bonds is 9. The molecule has 1 aromatic carbocycles. The van der Waals surface area contributed by atoms with Gasteiger partial charge in [0.2, 0.25) is 12.0 Å². The van der Waals surface area contributed by atoms with E-state index in [9.17, 15) is 22.8 Å². The highest BCUT2D eigenvalue weighted by Gasteiger charge is 2.34. The van der Waals surface area contributed by atoms with Crippen LogP contribution in [0.2, 0.25) is 0 Å². The highest BCUT2D eigenvalue weighted by molar-refractivity contribution is 5.86. The van der Waals surface area contributed by atoms with Crippen LogP contribution in [0.5, 0.6) is 0 Å². The Hall–Kier alpha value is -4.34. The van der Waals surface area contributed by atoms with Gasteiger partial charge in [0.05, 0.1) is 0 Å². The Morgan fingerprint density at radius 3 is 2.56 bits per heavy atom. The lowest BCUT2D eigenvalue weighted by molar-refractivity contribution is -0.159. The molecule has 10 heteroatoms. The molecule has 204 valence electrons. The van der Waals surface area contributed by atoms with E-state index in [1.165, 1.54) is 30.4 Å². The normalized spacial score (nSPS) is 15.6. The second kappa shape index (κ2) is 12.5. The average Bonchev–Trinajstić information content (AvgIpc) is 2.93. The molecule has 1 unspecified atom stereocenters. The van der Waals surface area contributed by atoms with Gasteiger partial charge in [0.1, 0.15) is 17.7 Å². The Morgan fingerprint density at radius 1 is 1.13 bits per heavy atom. The number of ether oxygens (including phenoxy) is 3. The van der Waals surface area contributed by atoms with E-state index in [0.29, 0.717) is 23.3 Å². The summed E-state index contributed by atoms with van der Waals surface area (Å²) in [6, 6.07) is 10.7. The van der Waals surface area contributed by atoms with Crippen LogP contribution < -0.4 is 0 Å². The molecule has 2 aliphatic rings. The highest BCUT2D eigenvalue weighted by atomic mass is 19.4. The van der Waals surface area contributed by atoms with Crippen LogP contribution >= 0.6 is 0 Å². The molecule has 0 bridgehead atoms. The van der Waals surface area contributed by atoms with E-state index in [0.717, 1.165) is 30.7 Å². The van der Waals surface area contributed by atoms with Crippen LogP contribution in [0.1, 0.15) is 49.1 Å². The summed E-state index contributed by atoms with van der Waals surface area (Å²) < 4.78 is 55.8. The molecule has 0 saturated carbocycles. The molecule has 0 fully saturated rings. The summed E-state index contributed by atoms with van der Waals surface area (Å²) in [6.45, 7) is 1.19. The third-order valence-corrected chi connectivity index (χ3v) is 5.99. The molecule has 1 aromatic heterocycles. The molecule has 1 atom stereocenters. The van der Waals surface area contributed by atoms with Crippen molar-refractivity contribution < 1.29 is 37.0 Å². The van der Waals surface area contributed by atoms with Crippen molar-refractivity contribution in [1.29, 1.82) is 0 Å². The van der Waals surface area contributed by atoms with Crippen molar-refractivity contribution in [2.45, 2.75) is 44.9 Å². The largest absolute Gasteiger partial charge is 0.464 e. The molecule has 0 N–H and O–H groups in total. The zero-order valence-corrected chi connectivity index (χ0v) is 21.2. The van der Waals surface area contributed by atoms with Gasteiger partial charge < -0.3 is 14.2 Å². The molecule has 0 radical (unpaired) electrons. The maximum absolute atomic E-state index is 13.9. The molecule has 39 heavy (non-hydrogen) atoms. The number of amides is 1. The van der Waals surface area contributed by atoms with Crippen LogP contribution in [0.15, 0.2) is 96.6 Å². The number of allylic oxidation sites excluding steroid dienone is 4. The third kappa shape index (κ3) is 7.59. The van der Waals surface area contributed by atoms with Crippen LogP contribution in [0, 0.1) is 0 Å². The number of hydrogen-bond donors (Lipinski definition) is 0. The fourth-order valence-corrected chi connectivity index (χ4v) is 4.08. The Balaban J connectivity index is 1.58. The van der Waals surface area contributed by atoms with Crippen molar-refractivity contribution in [2.24, 2.45) is 0 Å². The van der Waals surface area contributed by atoms with Gasteiger partial charge in [-0.3, -0.25) is 19.5 Å². The molecule has 4 rings (SSSR count). The van der Waals surface area contributed by atoms with Crippen molar-refractivity contribution >= 4 is 11.9 Å². The van der Waals surface area contributed by atoms with Crippen molar-refractivity contribution in [3.8, 4) is 0 Å². The van der Waals surface area contributed by atoms with Crippen LogP contribution in [0.4, 0.5) is 13.2 Å². The lowest BCUT2D eigenvalue weighted by Gasteiger charge is -2.30. The summed E-state index contributed by atoms with van der Waals surface area (Å²) in [6.07, 6.45) is 6.42. The van der Waals surface area contributed by atoms with Crippen molar-refractivity contribution in [3.05, 3.63) is 113 Å². The molecule has 1 amide bonds. The van der Waals surface area contributed by atoms with Crippen molar-refractivity contribution in [3.63, 3.8) is 0 Å². The molecule has 1 aliphatic heterocycles. The topological polar surface area (TPSA) is 78.0 Å². The van der Waals surface area contributed by atoms with Crippen LogP contribution in [-0.4, -0.2) is 28.3 Å². The zero-order chi connectivity index (χ0) is 27.8. The summed E-state index contributed by atoms with van der Waals surface area (Å²) in [5.74, 6) is -0.715. The van der Waals surface area contributed by atoms with Crippen LogP contribution in [0.3, 0.4) is 0 Å². The number of nitrogens with zero attached hydrogens (tertiary/aromatic N) is 2. The standard InChI is InChI=1S/C29H27F3N2O5/c1-20(35)38-27(23-10-6-3-7-11-23)28(36)34(15-14-22-12-13-25(33-17-22)29(30,31)32)26-19-37-18-24(39-26)16-21-8-4-2-5-9-21/h2-4,6-8,10-13,17-19,27H,5,9,14-16H2,1H3. The number of aromatic nitrogens is 1. The van der Waals surface area contributed by atoms with Gasteiger partial charge in [-0.1, -0.05) is 60.2 Å². The minimum absolute atomic E-state index is 0.00954. The number of esters is 1. The predicted octanol–water partition coefficient (Wildman–Crippen LogP) is 6.13. The van der Waals surface area contributed by atoms with Gasteiger partial charge in [0.25, 0.3) is 5.91 Å².